The minimum atomic E-state index is -4.61. The Morgan fingerprint density at radius 1 is 1.10 bits per heavy atom. The van der Waals surface area contributed by atoms with Crippen LogP contribution in [0.4, 0.5) is 17.6 Å². The number of piperidine rings is 1. The van der Waals surface area contributed by atoms with Gasteiger partial charge in [0.25, 0.3) is 0 Å². The van der Waals surface area contributed by atoms with Gasteiger partial charge < -0.3 is 10.6 Å². The Kier molecular flexibility index (Phi) is 7.31. The Bertz CT molecular complexity index is 844. The van der Waals surface area contributed by atoms with Crippen molar-refractivity contribution in [3.63, 3.8) is 0 Å². The highest BCUT2D eigenvalue weighted by atomic mass is 19.4. The summed E-state index contributed by atoms with van der Waals surface area (Å²) in [6, 6.07) is 13.2. The Hall–Kier alpha value is -2.61. The summed E-state index contributed by atoms with van der Waals surface area (Å²) in [6.45, 7) is 2.67. The molecule has 0 aromatic heterocycles. The number of halogens is 4. The van der Waals surface area contributed by atoms with Crippen molar-refractivity contribution in [2.75, 3.05) is 20.1 Å². The molecule has 1 aliphatic rings. The maximum atomic E-state index is 13.3. The van der Waals surface area contributed by atoms with E-state index in [0.717, 1.165) is 44.6 Å². The van der Waals surface area contributed by atoms with E-state index in [1.807, 2.05) is 18.2 Å². The van der Waals surface area contributed by atoms with Gasteiger partial charge in [0.05, 0.1) is 5.56 Å². The molecule has 1 saturated heterocycles. The average Bonchev–Trinajstić information content (AvgIpc) is 2.73. The molecule has 0 radical (unpaired) electrons. The fourth-order valence-electron chi connectivity index (χ4n) is 3.61. The normalized spacial score (nSPS) is 16.5. The zero-order chi connectivity index (χ0) is 21.6. The van der Waals surface area contributed by atoms with E-state index in [-0.39, 0.29) is 18.2 Å². The van der Waals surface area contributed by atoms with Gasteiger partial charge in [0.2, 0.25) is 0 Å². The summed E-state index contributed by atoms with van der Waals surface area (Å²) < 4.78 is 52.7. The van der Waals surface area contributed by atoms with Crippen LogP contribution in [-0.4, -0.2) is 37.0 Å². The van der Waals surface area contributed by atoms with Crippen LogP contribution >= 0.6 is 0 Å². The van der Waals surface area contributed by atoms with E-state index in [4.69, 9.17) is 0 Å². The van der Waals surface area contributed by atoms with Crippen LogP contribution in [0.1, 0.15) is 29.5 Å². The molecule has 0 aliphatic carbocycles. The van der Waals surface area contributed by atoms with Crippen LogP contribution in [0.25, 0.3) is 0 Å². The largest absolute Gasteiger partial charge is 0.416 e. The lowest BCUT2D eigenvalue weighted by Crippen LogP contribution is -2.48. The molecule has 1 heterocycles. The molecule has 2 N–H and O–H groups in total. The second-order valence-corrected chi connectivity index (χ2v) is 7.41. The summed E-state index contributed by atoms with van der Waals surface area (Å²) in [6.07, 6.45) is -2.78. The molecule has 1 fully saturated rings. The molecule has 3 rings (SSSR count). The van der Waals surface area contributed by atoms with Crippen molar-refractivity contribution in [3.8, 4) is 0 Å². The first-order chi connectivity index (χ1) is 14.3. The van der Waals surface area contributed by atoms with Crippen molar-refractivity contribution in [2.45, 2.75) is 38.1 Å². The number of rotatable bonds is 5. The summed E-state index contributed by atoms with van der Waals surface area (Å²) in [5.74, 6) is -0.468. The van der Waals surface area contributed by atoms with Crippen LogP contribution in [0, 0.1) is 5.82 Å². The van der Waals surface area contributed by atoms with Crippen molar-refractivity contribution in [1.29, 1.82) is 0 Å². The minimum Gasteiger partial charge on any atom is -0.354 e. The topological polar surface area (TPSA) is 39.7 Å². The van der Waals surface area contributed by atoms with E-state index in [1.54, 1.807) is 7.05 Å². The SMILES string of the molecule is CN=C(NCc1ccc(F)cc1C(F)(F)F)NC1CCN(Cc2ccccc2)CC1. The quantitative estimate of drug-likeness (QED) is 0.432. The van der Waals surface area contributed by atoms with Crippen molar-refractivity contribution in [3.05, 3.63) is 71.0 Å². The van der Waals surface area contributed by atoms with Gasteiger partial charge in [0.1, 0.15) is 5.82 Å². The van der Waals surface area contributed by atoms with Gasteiger partial charge in [-0.2, -0.15) is 13.2 Å². The number of nitrogens with one attached hydrogen (secondary N) is 2. The number of guanidine groups is 1. The van der Waals surface area contributed by atoms with Crippen LogP contribution in [0.5, 0.6) is 0 Å². The maximum absolute atomic E-state index is 13.3. The number of benzene rings is 2. The third-order valence-electron chi connectivity index (χ3n) is 5.22. The van der Waals surface area contributed by atoms with Gasteiger partial charge in [-0.1, -0.05) is 36.4 Å². The second kappa shape index (κ2) is 9.93. The Labute approximate surface area is 174 Å². The Balaban J connectivity index is 1.50. The van der Waals surface area contributed by atoms with Gasteiger partial charge in [-0.15, -0.1) is 0 Å². The van der Waals surface area contributed by atoms with Crippen LogP contribution < -0.4 is 10.6 Å². The fourth-order valence-corrected chi connectivity index (χ4v) is 3.61. The average molecular weight is 422 g/mol. The molecule has 0 bridgehead atoms. The van der Waals surface area contributed by atoms with E-state index >= 15 is 0 Å². The Morgan fingerprint density at radius 2 is 1.80 bits per heavy atom. The fraction of sp³-hybridized carbons (Fsp3) is 0.409. The first-order valence-electron chi connectivity index (χ1n) is 9.94. The molecular formula is C22H26F4N4. The van der Waals surface area contributed by atoms with Gasteiger partial charge in [-0.3, -0.25) is 9.89 Å². The molecular weight excluding hydrogens is 396 g/mol. The summed E-state index contributed by atoms with van der Waals surface area (Å²) in [5.41, 5.74) is 0.283. The lowest BCUT2D eigenvalue weighted by atomic mass is 10.0. The zero-order valence-corrected chi connectivity index (χ0v) is 16.8. The number of likely N-dealkylation sites (tertiary alicyclic amines) is 1. The van der Waals surface area contributed by atoms with Crippen molar-refractivity contribution in [2.24, 2.45) is 4.99 Å². The number of aliphatic imine (C=N–C) groups is 1. The first kappa shape index (κ1) is 22.1. The third kappa shape index (κ3) is 6.19. The summed E-state index contributed by atoms with van der Waals surface area (Å²) in [5, 5.41) is 6.21. The highest BCUT2D eigenvalue weighted by Crippen LogP contribution is 2.32. The zero-order valence-electron chi connectivity index (χ0n) is 16.8. The number of alkyl halides is 3. The first-order valence-corrected chi connectivity index (χ1v) is 9.94. The number of nitrogens with zero attached hydrogens (tertiary/aromatic N) is 2. The molecule has 30 heavy (non-hydrogen) atoms. The van der Waals surface area contributed by atoms with Gasteiger partial charge in [0, 0.05) is 39.3 Å². The monoisotopic (exact) mass is 422 g/mol. The van der Waals surface area contributed by atoms with E-state index in [1.165, 1.54) is 5.56 Å². The highest BCUT2D eigenvalue weighted by molar-refractivity contribution is 5.80. The van der Waals surface area contributed by atoms with Gasteiger partial charge >= 0.3 is 6.18 Å². The van der Waals surface area contributed by atoms with E-state index in [9.17, 15) is 17.6 Å². The standard InChI is InChI=1S/C22H26F4N4/c1-27-21(28-14-17-7-8-18(23)13-20(17)22(24,25)26)29-19-9-11-30(12-10-19)15-16-5-3-2-4-6-16/h2-8,13,19H,9-12,14-15H2,1H3,(H2,27,28,29). The van der Waals surface area contributed by atoms with Crippen molar-refractivity contribution < 1.29 is 17.6 Å². The maximum Gasteiger partial charge on any atom is 0.416 e. The molecule has 2 aromatic carbocycles. The molecule has 1 aliphatic heterocycles. The van der Waals surface area contributed by atoms with Crippen LogP contribution in [-0.2, 0) is 19.3 Å². The highest BCUT2D eigenvalue weighted by Gasteiger charge is 2.33. The van der Waals surface area contributed by atoms with Gasteiger partial charge in [0.15, 0.2) is 5.96 Å². The molecule has 0 amide bonds. The van der Waals surface area contributed by atoms with Crippen molar-refractivity contribution >= 4 is 5.96 Å². The lowest BCUT2D eigenvalue weighted by Gasteiger charge is -2.33. The van der Waals surface area contributed by atoms with E-state index < -0.39 is 17.6 Å². The number of hydrogen-bond acceptors (Lipinski definition) is 2. The predicted octanol–water partition coefficient (Wildman–Crippen LogP) is 4.17. The van der Waals surface area contributed by atoms with E-state index in [2.05, 4.69) is 32.7 Å². The van der Waals surface area contributed by atoms with Crippen molar-refractivity contribution in [1.82, 2.24) is 15.5 Å². The predicted molar refractivity (Wildman–Crippen MR) is 109 cm³/mol. The molecule has 8 heteroatoms. The summed E-state index contributed by atoms with van der Waals surface area (Å²) in [7, 11) is 1.58. The molecule has 0 unspecified atom stereocenters. The van der Waals surface area contributed by atoms with Gasteiger partial charge in [-0.05, 0) is 36.1 Å². The van der Waals surface area contributed by atoms with Crippen LogP contribution in [0.15, 0.2) is 53.5 Å². The minimum absolute atomic E-state index is 0.0236. The Morgan fingerprint density at radius 3 is 2.43 bits per heavy atom. The molecule has 4 nitrogen and oxygen atoms in total. The van der Waals surface area contributed by atoms with Gasteiger partial charge in [-0.25, -0.2) is 4.39 Å². The third-order valence-corrected chi connectivity index (χ3v) is 5.22. The van der Waals surface area contributed by atoms with Crippen LogP contribution in [0.2, 0.25) is 0 Å². The second-order valence-electron chi connectivity index (χ2n) is 7.41. The molecule has 0 spiro atoms. The lowest BCUT2D eigenvalue weighted by molar-refractivity contribution is -0.138. The van der Waals surface area contributed by atoms with E-state index in [0.29, 0.717) is 12.0 Å². The molecule has 2 aromatic rings. The molecule has 0 atom stereocenters. The molecule has 162 valence electrons. The summed E-state index contributed by atoms with van der Waals surface area (Å²) >= 11 is 0. The number of hydrogen-bond donors (Lipinski definition) is 2. The van der Waals surface area contributed by atoms with Crippen LogP contribution in [0.3, 0.4) is 0 Å². The summed E-state index contributed by atoms with van der Waals surface area (Å²) in [4.78, 5) is 6.51. The smallest absolute Gasteiger partial charge is 0.354 e. The molecule has 0 saturated carbocycles.